The summed E-state index contributed by atoms with van der Waals surface area (Å²) in [6.07, 6.45) is -4.63. The van der Waals surface area contributed by atoms with Crippen LogP contribution in [0.25, 0.3) is 0 Å². The van der Waals surface area contributed by atoms with E-state index in [2.05, 4.69) is 13.7 Å². The van der Waals surface area contributed by atoms with Gasteiger partial charge in [-0.2, -0.15) is 35.1 Å². The van der Waals surface area contributed by atoms with Crippen LogP contribution in [0.1, 0.15) is 17.8 Å². The van der Waals surface area contributed by atoms with E-state index in [1.54, 1.807) is 0 Å². The van der Waals surface area contributed by atoms with E-state index in [9.17, 15) is 34.8 Å². The molecule has 29 heavy (non-hydrogen) atoms. The highest BCUT2D eigenvalue weighted by molar-refractivity contribution is 7.90. The third kappa shape index (κ3) is 4.44. The quantitative estimate of drug-likeness (QED) is 0.340. The molecule has 2 amide bonds. The summed E-state index contributed by atoms with van der Waals surface area (Å²) in [5.74, 6) is -0.591. The van der Waals surface area contributed by atoms with Crippen molar-refractivity contribution in [2.45, 2.75) is 36.1 Å². The van der Waals surface area contributed by atoms with Crippen molar-refractivity contribution in [1.82, 2.24) is 14.9 Å². The Morgan fingerprint density at radius 2 is 2.00 bits per heavy atom. The van der Waals surface area contributed by atoms with Gasteiger partial charge in [-0.1, -0.05) is 0 Å². The van der Waals surface area contributed by atoms with Gasteiger partial charge in [0.05, 0.1) is 12.1 Å². The van der Waals surface area contributed by atoms with E-state index in [1.165, 1.54) is 0 Å². The monoisotopic (exact) mass is 479 g/mol. The molecule has 0 spiro atoms. The predicted molar refractivity (Wildman–Crippen MR) is 89.3 cm³/mol. The van der Waals surface area contributed by atoms with E-state index < -0.39 is 60.6 Å². The van der Waals surface area contributed by atoms with Gasteiger partial charge in [0.2, 0.25) is 0 Å². The number of thiazole rings is 1. The Kier molecular flexibility index (Phi) is 5.27. The molecule has 2 atom stereocenters. The topological polar surface area (TPSA) is 173 Å². The molecule has 2 saturated heterocycles. The van der Waals surface area contributed by atoms with Gasteiger partial charge in [0, 0.05) is 11.9 Å². The van der Waals surface area contributed by atoms with E-state index >= 15 is 0 Å². The smallest absolute Gasteiger partial charge is 0.385 e. The number of hydroxylamine groups is 2. The van der Waals surface area contributed by atoms with E-state index in [1.807, 2.05) is 0 Å². The fraction of sp³-hybridized carbons (Fsp3) is 0.545. The fourth-order valence-electron chi connectivity index (χ4n) is 2.89. The van der Waals surface area contributed by atoms with Crippen molar-refractivity contribution in [2.75, 3.05) is 6.54 Å². The molecule has 12 nitrogen and oxygen atoms in total. The first-order valence-corrected chi connectivity index (χ1v) is 11.3. The van der Waals surface area contributed by atoms with Crippen LogP contribution in [0.5, 0.6) is 0 Å². The van der Waals surface area contributed by atoms with Gasteiger partial charge in [-0.25, -0.2) is 9.78 Å². The van der Waals surface area contributed by atoms with Crippen LogP contribution in [0.15, 0.2) is 14.8 Å². The highest BCUT2D eigenvalue weighted by Crippen LogP contribution is 2.34. The summed E-state index contributed by atoms with van der Waals surface area (Å²) in [5.41, 5.74) is 5.69. The highest BCUT2D eigenvalue weighted by atomic mass is 32.3. The molecule has 18 heteroatoms. The Balaban J connectivity index is 1.83. The molecule has 0 radical (unpaired) electrons. The zero-order valence-corrected chi connectivity index (χ0v) is 16.4. The lowest BCUT2D eigenvalue weighted by Crippen LogP contribution is -2.48. The summed E-state index contributed by atoms with van der Waals surface area (Å²) < 4.78 is 100. The lowest BCUT2D eigenvalue weighted by Gasteiger charge is -2.29. The van der Waals surface area contributed by atoms with Gasteiger partial charge >= 0.3 is 32.6 Å². The third-order valence-electron chi connectivity index (χ3n) is 4.05. The maximum atomic E-state index is 12.6. The maximum absolute atomic E-state index is 12.6. The number of hydrogen-bond donors (Lipinski definition) is 2. The molecule has 0 unspecified atom stereocenters. The standard InChI is InChI=1S/C11H12F3N5O7S3/c12-11(13,14)9-16-7(4-27-9)28(21,22)17-8(15)6-2-1-5-3-18(6)10(20)19(5)26-29(23,24)25/h4-6H,1-3H2,(H2,15,17)(H,23,24,25)/t5-,6+/m1/s1. The molecule has 162 valence electrons. The van der Waals surface area contributed by atoms with Gasteiger partial charge in [-0.15, -0.1) is 20.0 Å². The number of amidine groups is 1. The van der Waals surface area contributed by atoms with Crippen molar-refractivity contribution in [3.8, 4) is 0 Å². The second-order valence-electron chi connectivity index (χ2n) is 5.99. The number of halogens is 3. The van der Waals surface area contributed by atoms with Crippen LogP contribution in [-0.2, 0) is 30.9 Å². The molecule has 2 aliphatic heterocycles. The molecule has 3 rings (SSSR count). The zero-order valence-electron chi connectivity index (χ0n) is 14.0. The maximum Gasteiger partial charge on any atom is 0.443 e. The van der Waals surface area contributed by atoms with Crippen LogP contribution in [0.3, 0.4) is 0 Å². The molecular weight excluding hydrogens is 467 g/mol. The molecule has 1 aromatic heterocycles. The van der Waals surface area contributed by atoms with Gasteiger partial charge in [0.1, 0.15) is 5.84 Å². The minimum atomic E-state index is -4.97. The van der Waals surface area contributed by atoms with Crippen LogP contribution >= 0.6 is 11.3 Å². The first-order valence-electron chi connectivity index (χ1n) is 7.59. The van der Waals surface area contributed by atoms with Gasteiger partial charge in [0.25, 0.3) is 0 Å². The number of piperidine rings is 1. The van der Waals surface area contributed by atoms with Gasteiger partial charge in [-0.05, 0) is 12.8 Å². The number of nitrogens with zero attached hydrogens (tertiary/aromatic N) is 4. The molecule has 3 heterocycles. The van der Waals surface area contributed by atoms with Crippen LogP contribution in [0.4, 0.5) is 18.0 Å². The second kappa shape index (κ2) is 7.04. The van der Waals surface area contributed by atoms with E-state index in [-0.39, 0.29) is 30.7 Å². The molecule has 0 saturated carbocycles. The Hall–Kier alpha value is -2.02. The number of carbonyl (C=O) groups is 1. The SMILES string of the molecule is NC(=NS(=O)(=O)c1csc(C(F)(F)F)n1)[C@@H]1CC[C@@H]2CN1C(=O)N2OS(=O)(=O)O. The number of carbonyl (C=O) groups excluding carboxylic acids is 1. The number of sulfonamides is 1. The van der Waals surface area contributed by atoms with Crippen molar-refractivity contribution in [2.24, 2.45) is 10.1 Å². The average molecular weight is 479 g/mol. The minimum absolute atomic E-state index is 0.0669. The Morgan fingerprint density at radius 1 is 1.34 bits per heavy atom. The zero-order chi connectivity index (χ0) is 21.8. The van der Waals surface area contributed by atoms with Crippen LogP contribution in [0, 0.1) is 0 Å². The Bertz CT molecular complexity index is 1070. The van der Waals surface area contributed by atoms with Crippen molar-refractivity contribution < 1.29 is 43.6 Å². The molecule has 0 aliphatic carbocycles. The number of fused-ring (bicyclic) bond motifs is 2. The summed E-state index contributed by atoms with van der Waals surface area (Å²) >= 11 is 0.0700. The van der Waals surface area contributed by atoms with Gasteiger partial charge < -0.3 is 10.6 Å². The molecule has 1 aromatic rings. The average Bonchev–Trinajstić information content (AvgIpc) is 3.15. The highest BCUT2D eigenvalue weighted by Gasteiger charge is 2.48. The van der Waals surface area contributed by atoms with E-state index in [0.29, 0.717) is 10.4 Å². The second-order valence-corrected chi connectivity index (χ2v) is 9.40. The van der Waals surface area contributed by atoms with Crippen molar-refractivity contribution in [1.29, 1.82) is 0 Å². The minimum Gasteiger partial charge on any atom is -0.385 e. The lowest BCUT2D eigenvalue weighted by atomic mass is 10.0. The van der Waals surface area contributed by atoms with Crippen molar-refractivity contribution >= 4 is 43.6 Å². The van der Waals surface area contributed by atoms with Crippen LogP contribution in [-0.4, -0.2) is 66.8 Å². The largest absolute Gasteiger partial charge is 0.443 e. The van der Waals surface area contributed by atoms with Crippen molar-refractivity contribution in [3.05, 3.63) is 10.4 Å². The molecular formula is C11H12F3N5O7S3. The van der Waals surface area contributed by atoms with Crippen LogP contribution in [0.2, 0.25) is 0 Å². The van der Waals surface area contributed by atoms with Gasteiger partial charge in [-0.3, -0.25) is 4.55 Å². The number of urea groups is 1. The molecule has 3 N–H and O–H groups in total. The molecule has 2 aliphatic rings. The van der Waals surface area contributed by atoms with Crippen molar-refractivity contribution in [3.63, 3.8) is 0 Å². The van der Waals surface area contributed by atoms with Crippen LogP contribution < -0.4 is 5.73 Å². The number of nitrogens with two attached hydrogens (primary N) is 1. The lowest BCUT2D eigenvalue weighted by molar-refractivity contribution is -0.137. The molecule has 0 aromatic carbocycles. The summed E-state index contributed by atoms with van der Waals surface area (Å²) in [6, 6.07) is -2.82. The number of rotatable bonds is 5. The fourth-order valence-corrected chi connectivity index (χ4v) is 5.22. The number of amides is 2. The van der Waals surface area contributed by atoms with E-state index in [4.69, 9.17) is 10.3 Å². The number of alkyl halides is 3. The third-order valence-corrected chi connectivity index (χ3v) is 6.63. The summed E-state index contributed by atoms with van der Waals surface area (Å²) in [4.78, 5) is 16.3. The first-order chi connectivity index (χ1) is 13.2. The normalized spacial score (nSPS) is 23.7. The molecule has 2 fully saturated rings. The number of aromatic nitrogens is 1. The first kappa shape index (κ1) is 21.7. The summed E-state index contributed by atoms with van der Waals surface area (Å²) in [5, 5.41) is -1.24. The number of hydrogen-bond acceptors (Lipinski definition) is 8. The van der Waals surface area contributed by atoms with Gasteiger partial charge in [0.15, 0.2) is 10.0 Å². The predicted octanol–water partition coefficient (Wildman–Crippen LogP) is 0.211. The molecule has 2 bridgehead atoms. The summed E-state index contributed by atoms with van der Waals surface area (Å²) in [6.45, 7) is -0.0930. The Labute approximate surface area is 165 Å². The van der Waals surface area contributed by atoms with E-state index in [0.717, 1.165) is 4.90 Å². The summed E-state index contributed by atoms with van der Waals surface area (Å²) in [7, 11) is -9.65. The Morgan fingerprint density at radius 3 is 2.55 bits per heavy atom.